The van der Waals surface area contributed by atoms with Crippen LogP contribution in [0.25, 0.3) is 66.7 Å². The molecule has 0 saturated carbocycles. The molecule has 0 saturated heterocycles. The van der Waals surface area contributed by atoms with Crippen molar-refractivity contribution < 1.29 is 0 Å². The van der Waals surface area contributed by atoms with Gasteiger partial charge in [0, 0.05) is 0 Å². The van der Waals surface area contributed by atoms with Crippen LogP contribution in [0.3, 0.4) is 0 Å². The first-order chi connectivity index (χ1) is 18.4. The molecule has 0 heterocycles. The van der Waals surface area contributed by atoms with Gasteiger partial charge in [-0.3, -0.25) is 0 Å². The molecule has 184 valence electrons. The topological polar surface area (TPSA) is 0 Å². The third-order valence-corrected chi connectivity index (χ3v) is 8.09. The van der Waals surface area contributed by atoms with E-state index in [2.05, 4.69) is 126 Å². The highest BCUT2D eigenvalue weighted by atomic mass is 14.2. The maximum absolute atomic E-state index is 4.15. The van der Waals surface area contributed by atoms with E-state index < -0.39 is 0 Å². The molecule has 0 heteroatoms. The summed E-state index contributed by atoms with van der Waals surface area (Å²) in [5.41, 5.74) is 12.6. The second-order valence-electron chi connectivity index (χ2n) is 10.5. The lowest BCUT2D eigenvalue weighted by atomic mass is 9.80. The van der Waals surface area contributed by atoms with Crippen molar-refractivity contribution in [3.63, 3.8) is 0 Å². The van der Waals surface area contributed by atoms with Crippen LogP contribution in [0, 0.1) is 27.7 Å². The first-order valence-electron chi connectivity index (χ1n) is 13.3. The van der Waals surface area contributed by atoms with Crippen LogP contribution < -0.4 is 0 Å². The van der Waals surface area contributed by atoms with E-state index in [-0.39, 0.29) is 0 Å². The van der Waals surface area contributed by atoms with Gasteiger partial charge in [-0.1, -0.05) is 86.0 Å². The van der Waals surface area contributed by atoms with Gasteiger partial charge in [0.05, 0.1) is 0 Å². The number of aryl methyl sites for hydroxylation is 4. The first-order valence-corrected chi connectivity index (χ1v) is 13.3. The lowest BCUT2D eigenvalue weighted by molar-refractivity contribution is 1.38. The summed E-state index contributed by atoms with van der Waals surface area (Å²) in [6.45, 7) is 17.2. The molecule has 0 unspecified atom stereocenters. The number of fused-ring (bicyclic) bond motifs is 3. The standard InChI is InChI=1S/C38H32/c1-7-27-19-31-32(20-28(27)8-2)38(36-25(5)15-12-16-26(36)6)34-22-30-18-10-9-17-29(30)21-33(34)37(31)35-23(3)13-11-14-24(35)4/h7-22H,1-2H2,3-6H3. The van der Waals surface area contributed by atoms with Crippen molar-refractivity contribution in [1.29, 1.82) is 0 Å². The average molecular weight is 489 g/mol. The van der Waals surface area contributed by atoms with E-state index in [4.69, 9.17) is 0 Å². The third-order valence-electron chi connectivity index (χ3n) is 8.09. The molecule has 0 fully saturated rings. The van der Waals surface area contributed by atoms with Gasteiger partial charge >= 0.3 is 0 Å². The van der Waals surface area contributed by atoms with Crippen LogP contribution in [0.15, 0.2) is 98.1 Å². The van der Waals surface area contributed by atoms with E-state index in [1.165, 1.54) is 76.8 Å². The number of hydrogen-bond donors (Lipinski definition) is 0. The smallest absolute Gasteiger partial charge is 0.00206 e. The van der Waals surface area contributed by atoms with E-state index in [1.807, 2.05) is 12.2 Å². The predicted octanol–water partition coefficient (Wildman–Crippen LogP) is 11.0. The summed E-state index contributed by atoms with van der Waals surface area (Å²) in [6, 6.07) is 31.4. The van der Waals surface area contributed by atoms with Gasteiger partial charge in [0.2, 0.25) is 0 Å². The largest absolute Gasteiger partial charge is 0.0984 e. The molecule has 0 amide bonds. The molecule has 0 spiro atoms. The Morgan fingerprint density at radius 3 is 1.11 bits per heavy atom. The first kappa shape index (κ1) is 23.9. The molecular weight excluding hydrogens is 456 g/mol. The quantitative estimate of drug-likeness (QED) is 0.216. The van der Waals surface area contributed by atoms with Crippen molar-refractivity contribution in [2.45, 2.75) is 27.7 Å². The maximum Gasteiger partial charge on any atom is -0.00206 e. The van der Waals surface area contributed by atoms with Crippen LogP contribution in [0.2, 0.25) is 0 Å². The van der Waals surface area contributed by atoms with E-state index >= 15 is 0 Å². The summed E-state index contributed by atoms with van der Waals surface area (Å²) in [4.78, 5) is 0. The zero-order valence-electron chi connectivity index (χ0n) is 22.7. The van der Waals surface area contributed by atoms with Crippen molar-refractivity contribution >= 4 is 44.5 Å². The van der Waals surface area contributed by atoms with Gasteiger partial charge in [-0.2, -0.15) is 0 Å². The van der Waals surface area contributed by atoms with Crippen LogP contribution >= 0.6 is 0 Å². The van der Waals surface area contributed by atoms with Gasteiger partial charge < -0.3 is 0 Å². The third kappa shape index (κ3) is 3.60. The molecule has 0 aliphatic heterocycles. The summed E-state index contributed by atoms with van der Waals surface area (Å²) in [7, 11) is 0. The van der Waals surface area contributed by atoms with Crippen molar-refractivity contribution in [3.8, 4) is 22.3 Å². The van der Waals surface area contributed by atoms with Gasteiger partial charge in [0.15, 0.2) is 0 Å². The summed E-state index contributed by atoms with van der Waals surface area (Å²) in [6.07, 6.45) is 3.91. The predicted molar refractivity (Wildman–Crippen MR) is 169 cm³/mol. The van der Waals surface area contributed by atoms with Gasteiger partial charge in [-0.25, -0.2) is 0 Å². The molecule has 0 aliphatic carbocycles. The summed E-state index contributed by atoms with van der Waals surface area (Å²) >= 11 is 0. The van der Waals surface area contributed by atoms with Crippen molar-refractivity contribution in [1.82, 2.24) is 0 Å². The Bertz CT molecular complexity index is 1750. The Balaban J connectivity index is 1.99. The Morgan fingerprint density at radius 2 is 0.763 bits per heavy atom. The Morgan fingerprint density at radius 1 is 0.421 bits per heavy atom. The molecule has 0 N–H and O–H groups in total. The summed E-state index contributed by atoms with van der Waals surface area (Å²) < 4.78 is 0. The number of rotatable bonds is 4. The Hall–Kier alpha value is -4.42. The van der Waals surface area contributed by atoms with Gasteiger partial charge in [0.25, 0.3) is 0 Å². The van der Waals surface area contributed by atoms with Crippen LogP contribution in [-0.2, 0) is 0 Å². The highest BCUT2D eigenvalue weighted by Crippen LogP contribution is 2.48. The van der Waals surface area contributed by atoms with E-state index in [0.717, 1.165) is 11.1 Å². The van der Waals surface area contributed by atoms with Crippen LogP contribution in [0.1, 0.15) is 33.4 Å². The van der Waals surface area contributed by atoms with Crippen LogP contribution in [0.5, 0.6) is 0 Å². The van der Waals surface area contributed by atoms with Gasteiger partial charge in [-0.15, -0.1) is 0 Å². The van der Waals surface area contributed by atoms with Crippen molar-refractivity contribution in [2.24, 2.45) is 0 Å². The van der Waals surface area contributed by atoms with Crippen molar-refractivity contribution in [3.05, 3.63) is 131 Å². The lowest BCUT2D eigenvalue weighted by Gasteiger charge is -2.23. The Labute approximate surface area is 225 Å². The molecule has 0 aromatic heterocycles. The molecule has 38 heavy (non-hydrogen) atoms. The summed E-state index contributed by atoms with van der Waals surface area (Å²) in [5, 5.41) is 7.59. The normalized spacial score (nSPS) is 11.4. The zero-order chi connectivity index (χ0) is 26.6. The molecule has 6 aromatic rings. The minimum atomic E-state index is 1.10. The maximum atomic E-state index is 4.15. The SMILES string of the molecule is C=Cc1cc2c(-c3c(C)cccc3C)c3cc4ccccc4cc3c(-c3c(C)cccc3C)c2cc1C=C. The van der Waals surface area contributed by atoms with Crippen LogP contribution in [0.4, 0.5) is 0 Å². The lowest BCUT2D eigenvalue weighted by Crippen LogP contribution is -1.98. The van der Waals surface area contributed by atoms with E-state index in [1.54, 1.807) is 0 Å². The molecule has 0 radical (unpaired) electrons. The summed E-state index contributed by atoms with van der Waals surface area (Å²) in [5.74, 6) is 0. The number of hydrogen-bond acceptors (Lipinski definition) is 0. The van der Waals surface area contributed by atoms with Gasteiger partial charge in [0.1, 0.15) is 0 Å². The van der Waals surface area contributed by atoms with E-state index in [9.17, 15) is 0 Å². The fourth-order valence-corrected chi connectivity index (χ4v) is 6.30. The molecule has 6 aromatic carbocycles. The fourth-order valence-electron chi connectivity index (χ4n) is 6.30. The molecule has 6 rings (SSSR count). The minimum absolute atomic E-state index is 1.10. The number of benzene rings is 6. The molecule has 0 nitrogen and oxygen atoms in total. The van der Waals surface area contributed by atoms with Crippen molar-refractivity contribution in [2.75, 3.05) is 0 Å². The average Bonchev–Trinajstić information content (AvgIpc) is 2.91. The monoisotopic (exact) mass is 488 g/mol. The highest BCUT2D eigenvalue weighted by Gasteiger charge is 2.22. The van der Waals surface area contributed by atoms with E-state index in [0.29, 0.717) is 0 Å². The minimum Gasteiger partial charge on any atom is -0.0984 e. The fraction of sp³-hybridized carbons (Fsp3) is 0.105. The molecule has 0 atom stereocenters. The molecular formula is C38H32. The molecule has 0 bridgehead atoms. The van der Waals surface area contributed by atoms with Crippen LogP contribution in [-0.4, -0.2) is 0 Å². The van der Waals surface area contributed by atoms with Gasteiger partial charge in [-0.05, 0) is 140 Å². The Kier molecular flexibility index (Phi) is 5.77. The highest BCUT2D eigenvalue weighted by molar-refractivity contribution is 6.25. The second-order valence-corrected chi connectivity index (χ2v) is 10.5. The molecule has 0 aliphatic rings. The zero-order valence-corrected chi connectivity index (χ0v) is 22.7. The second kappa shape index (κ2) is 9.15.